The van der Waals surface area contributed by atoms with Crippen LogP contribution in [0, 0.1) is 29.1 Å². The summed E-state index contributed by atoms with van der Waals surface area (Å²) in [4.78, 5) is 0. The van der Waals surface area contributed by atoms with Crippen LogP contribution in [0.4, 0.5) is 0 Å². The topological polar surface area (TPSA) is 12.0 Å². The van der Waals surface area contributed by atoms with Gasteiger partial charge in [0.15, 0.2) is 0 Å². The van der Waals surface area contributed by atoms with Crippen LogP contribution >= 0.6 is 0 Å². The molecule has 0 heterocycles. The van der Waals surface area contributed by atoms with Gasteiger partial charge in [-0.15, -0.1) is 0 Å². The lowest BCUT2D eigenvalue weighted by atomic mass is 9.67. The van der Waals surface area contributed by atoms with Gasteiger partial charge in [-0.2, -0.15) is 0 Å². The molecule has 0 radical (unpaired) electrons. The summed E-state index contributed by atoms with van der Waals surface area (Å²) in [7, 11) is 0. The molecule has 1 nitrogen and oxygen atoms in total. The molecule has 0 aromatic carbocycles. The van der Waals surface area contributed by atoms with E-state index in [0.717, 1.165) is 36.3 Å². The second kappa shape index (κ2) is 2.75. The Morgan fingerprint density at radius 1 is 1.36 bits per heavy atom. The van der Waals surface area contributed by atoms with Crippen molar-refractivity contribution in [2.24, 2.45) is 29.1 Å². The third kappa shape index (κ3) is 0.900. The molecule has 1 heteroatoms. The van der Waals surface area contributed by atoms with Crippen molar-refractivity contribution in [2.45, 2.75) is 46.1 Å². The largest absolute Gasteiger partial charge is 0.314 e. The maximum absolute atomic E-state index is 3.72. The zero-order valence-electron chi connectivity index (χ0n) is 9.72. The van der Waals surface area contributed by atoms with Gasteiger partial charge in [-0.05, 0) is 54.9 Å². The maximum Gasteiger partial charge on any atom is 0.0106 e. The van der Waals surface area contributed by atoms with Crippen LogP contribution in [0.15, 0.2) is 0 Å². The molecule has 3 rings (SSSR count). The van der Waals surface area contributed by atoms with Gasteiger partial charge < -0.3 is 5.32 Å². The third-order valence-corrected chi connectivity index (χ3v) is 5.74. The fourth-order valence-corrected chi connectivity index (χ4v) is 5.14. The highest BCUT2D eigenvalue weighted by molar-refractivity contribution is 5.15. The standard InChI is InChI=1S/C13H23N/c1-4-14-11-6-9-7-13(3)8(2)5-10(9)12(11)13/h8-12,14H,4-7H2,1-3H3/t8-,9-,10+,11+,12+,13+/m1/s1. The van der Waals surface area contributed by atoms with E-state index < -0.39 is 0 Å². The molecule has 3 saturated carbocycles. The molecular formula is C13H23N. The highest BCUT2D eigenvalue weighted by Crippen LogP contribution is 2.69. The van der Waals surface area contributed by atoms with E-state index in [1.54, 1.807) is 0 Å². The molecule has 0 unspecified atom stereocenters. The van der Waals surface area contributed by atoms with Crippen LogP contribution in [0.2, 0.25) is 0 Å². The molecule has 80 valence electrons. The monoisotopic (exact) mass is 193 g/mol. The molecule has 6 atom stereocenters. The van der Waals surface area contributed by atoms with E-state index in [-0.39, 0.29) is 0 Å². The Labute approximate surface area is 87.7 Å². The van der Waals surface area contributed by atoms with Crippen molar-refractivity contribution in [2.75, 3.05) is 6.54 Å². The zero-order chi connectivity index (χ0) is 9.92. The fraction of sp³-hybridized carbons (Fsp3) is 1.00. The van der Waals surface area contributed by atoms with Crippen LogP contribution in [-0.4, -0.2) is 12.6 Å². The maximum atomic E-state index is 3.72. The Hall–Kier alpha value is -0.0400. The van der Waals surface area contributed by atoms with Gasteiger partial charge in [0.1, 0.15) is 0 Å². The van der Waals surface area contributed by atoms with Crippen molar-refractivity contribution in [1.82, 2.24) is 5.32 Å². The molecule has 0 aromatic rings. The molecule has 0 spiro atoms. The SMILES string of the molecule is CCN[C@H]1C[C@@H]2C[C@]3(C)[C@H]1[C@H]2C[C@H]3C. The Kier molecular flexibility index (Phi) is 1.81. The molecule has 3 fully saturated rings. The first-order valence-electron chi connectivity index (χ1n) is 6.40. The Morgan fingerprint density at radius 3 is 2.79 bits per heavy atom. The Morgan fingerprint density at radius 2 is 2.14 bits per heavy atom. The van der Waals surface area contributed by atoms with E-state index in [2.05, 4.69) is 26.1 Å². The number of nitrogens with one attached hydrogen (secondary N) is 1. The minimum absolute atomic E-state index is 0.695. The number of rotatable bonds is 2. The van der Waals surface area contributed by atoms with Crippen molar-refractivity contribution < 1.29 is 0 Å². The highest BCUT2D eigenvalue weighted by Gasteiger charge is 2.65. The summed E-state index contributed by atoms with van der Waals surface area (Å²) in [6, 6.07) is 0.860. The quantitative estimate of drug-likeness (QED) is 0.711. The van der Waals surface area contributed by atoms with Gasteiger partial charge in [0, 0.05) is 6.04 Å². The van der Waals surface area contributed by atoms with Gasteiger partial charge in [-0.25, -0.2) is 0 Å². The minimum atomic E-state index is 0.695. The lowest BCUT2D eigenvalue weighted by Crippen LogP contribution is -2.43. The van der Waals surface area contributed by atoms with Crippen LogP contribution in [0.3, 0.4) is 0 Å². The van der Waals surface area contributed by atoms with E-state index in [0.29, 0.717) is 5.41 Å². The highest BCUT2D eigenvalue weighted by atomic mass is 15.0. The lowest BCUT2D eigenvalue weighted by Gasteiger charge is -2.41. The number of hydrogen-bond acceptors (Lipinski definition) is 1. The van der Waals surface area contributed by atoms with E-state index in [1.165, 1.54) is 19.3 Å². The Balaban J connectivity index is 1.87. The summed E-state index contributed by atoms with van der Waals surface area (Å²) >= 11 is 0. The van der Waals surface area contributed by atoms with Crippen molar-refractivity contribution in [3.63, 3.8) is 0 Å². The average molecular weight is 193 g/mol. The van der Waals surface area contributed by atoms with Crippen LogP contribution < -0.4 is 5.32 Å². The summed E-state index contributed by atoms with van der Waals surface area (Å²) in [6.45, 7) is 8.45. The Bertz CT molecular complexity index is 250. The summed E-state index contributed by atoms with van der Waals surface area (Å²) < 4.78 is 0. The third-order valence-electron chi connectivity index (χ3n) is 5.74. The summed E-state index contributed by atoms with van der Waals surface area (Å²) in [5.41, 5.74) is 0.695. The van der Waals surface area contributed by atoms with Gasteiger partial charge in [0.2, 0.25) is 0 Å². The summed E-state index contributed by atoms with van der Waals surface area (Å²) in [5.74, 6) is 4.15. The molecule has 14 heavy (non-hydrogen) atoms. The van der Waals surface area contributed by atoms with Gasteiger partial charge in [-0.3, -0.25) is 0 Å². The van der Waals surface area contributed by atoms with Gasteiger partial charge in [-0.1, -0.05) is 20.8 Å². The molecular weight excluding hydrogens is 170 g/mol. The van der Waals surface area contributed by atoms with Crippen molar-refractivity contribution >= 4 is 0 Å². The predicted molar refractivity (Wildman–Crippen MR) is 59.1 cm³/mol. The first-order valence-corrected chi connectivity index (χ1v) is 6.40. The molecule has 1 N–H and O–H groups in total. The first kappa shape index (κ1) is 9.21. The van der Waals surface area contributed by atoms with E-state index in [9.17, 15) is 0 Å². The van der Waals surface area contributed by atoms with Gasteiger partial charge in [0.05, 0.1) is 0 Å². The molecule has 3 aliphatic carbocycles. The van der Waals surface area contributed by atoms with Gasteiger partial charge in [0.25, 0.3) is 0 Å². The van der Waals surface area contributed by atoms with Gasteiger partial charge >= 0.3 is 0 Å². The normalized spacial score (nSPS) is 59.8. The van der Waals surface area contributed by atoms with E-state index in [4.69, 9.17) is 0 Å². The molecule has 4 bridgehead atoms. The van der Waals surface area contributed by atoms with Crippen molar-refractivity contribution in [1.29, 1.82) is 0 Å². The molecule has 0 amide bonds. The van der Waals surface area contributed by atoms with Crippen LogP contribution in [0.5, 0.6) is 0 Å². The van der Waals surface area contributed by atoms with Crippen LogP contribution in [-0.2, 0) is 0 Å². The molecule has 0 aromatic heterocycles. The minimum Gasteiger partial charge on any atom is -0.314 e. The van der Waals surface area contributed by atoms with E-state index >= 15 is 0 Å². The summed E-state index contributed by atoms with van der Waals surface area (Å²) in [5, 5.41) is 3.72. The lowest BCUT2D eigenvalue weighted by molar-refractivity contribution is 0.103. The molecule has 0 saturated heterocycles. The van der Waals surface area contributed by atoms with E-state index in [1.807, 2.05) is 0 Å². The second-order valence-electron chi connectivity index (χ2n) is 6.20. The average Bonchev–Trinajstić information content (AvgIpc) is 2.65. The zero-order valence-corrected chi connectivity index (χ0v) is 9.72. The number of hydrogen-bond donors (Lipinski definition) is 1. The summed E-state index contributed by atoms with van der Waals surface area (Å²) in [6.07, 6.45) is 4.53. The molecule has 3 aliphatic rings. The smallest absolute Gasteiger partial charge is 0.0106 e. The fourth-order valence-electron chi connectivity index (χ4n) is 5.14. The first-order chi connectivity index (χ1) is 6.66. The molecule has 0 aliphatic heterocycles. The second-order valence-corrected chi connectivity index (χ2v) is 6.20. The van der Waals surface area contributed by atoms with Crippen molar-refractivity contribution in [3.8, 4) is 0 Å². The van der Waals surface area contributed by atoms with Crippen LogP contribution in [0.1, 0.15) is 40.0 Å². The van der Waals surface area contributed by atoms with Crippen molar-refractivity contribution in [3.05, 3.63) is 0 Å². The van der Waals surface area contributed by atoms with Crippen LogP contribution in [0.25, 0.3) is 0 Å². The predicted octanol–water partition coefficient (Wildman–Crippen LogP) is 2.67.